The van der Waals surface area contributed by atoms with Crippen LogP contribution >= 0.6 is 0 Å². The van der Waals surface area contributed by atoms with Gasteiger partial charge >= 0.3 is 11.9 Å². The highest BCUT2D eigenvalue weighted by Crippen LogP contribution is 2.00. The monoisotopic (exact) mass is 362 g/mol. The van der Waals surface area contributed by atoms with E-state index in [1.807, 2.05) is 16.8 Å². The van der Waals surface area contributed by atoms with Crippen molar-refractivity contribution in [3.8, 4) is 0 Å². The number of likely N-dealkylation sites (N-methyl/N-ethyl adjacent to an activating group) is 1. The van der Waals surface area contributed by atoms with Gasteiger partial charge in [0.25, 0.3) is 0 Å². The Morgan fingerprint density at radius 1 is 0.800 bits per heavy atom. The molecule has 0 unspecified atom stereocenters. The van der Waals surface area contributed by atoms with E-state index in [2.05, 4.69) is 14.7 Å². The standard InChI is InChI=1S/C15H30N4O6/c1-16-2-4-17(10-11-25-24)6-7-19(13-15(22)23)9-8-18(5-3-16)12-14(20)21/h24H,2-13H2,1H3,(H,20,21)(H,22,23). The molecule has 0 aromatic rings. The Kier molecular flexibility index (Phi) is 10.5. The number of hydrogen-bond donors (Lipinski definition) is 3. The van der Waals surface area contributed by atoms with E-state index in [-0.39, 0.29) is 19.7 Å². The van der Waals surface area contributed by atoms with Crippen LogP contribution in [0.3, 0.4) is 0 Å². The van der Waals surface area contributed by atoms with E-state index in [1.54, 1.807) is 0 Å². The third-order valence-corrected chi connectivity index (χ3v) is 4.28. The van der Waals surface area contributed by atoms with E-state index < -0.39 is 11.9 Å². The predicted octanol–water partition coefficient (Wildman–Crippen LogP) is -1.50. The number of carboxylic acid groups (broad SMARTS) is 2. The lowest BCUT2D eigenvalue weighted by Gasteiger charge is -2.32. The highest BCUT2D eigenvalue weighted by Gasteiger charge is 2.17. The maximum absolute atomic E-state index is 11.1. The van der Waals surface area contributed by atoms with Gasteiger partial charge in [0.15, 0.2) is 0 Å². The average molecular weight is 362 g/mol. The van der Waals surface area contributed by atoms with Crippen molar-refractivity contribution in [1.29, 1.82) is 0 Å². The zero-order chi connectivity index (χ0) is 18.7. The molecule has 1 saturated heterocycles. The van der Waals surface area contributed by atoms with E-state index >= 15 is 0 Å². The molecule has 25 heavy (non-hydrogen) atoms. The highest BCUT2D eigenvalue weighted by molar-refractivity contribution is 5.69. The van der Waals surface area contributed by atoms with Crippen molar-refractivity contribution in [2.45, 2.75) is 0 Å². The lowest BCUT2D eigenvalue weighted by atomic mass is 10.3. The summed E-state index contributed by atoms with van der Waals surface area (Å²) in [6, 6.07) is 0. The molecule has 10 heteroatoms. The summed E-state index contributed by atoms with van der Waals surface area (Å²) >= 11 is 0. The number of hydrogen-bond acceptors (Lipinski definition) is 8. The molecule has 0 radical (unpaired) electrons. The fourth-order valence-corrected chi connectivity index (χ4v) is 2.73. The fraction of sp³-hybridized carbons (Fsp3) is 0.867. The number of nitrogens with zero attached hydrogens (tertiary/aromatic N) is 4. The largest absolute Gasteiger partial charge is 0.480 e. The minimum Gasteiger partial charge on any atom is -0.480 e. The van der Waals surface area contributed by atoms with Crippen molar-refractivity contribution in [2.75, 3.05) is 85.6 Å². The molecular weight excluding hydrogens is 332 g/mol. The van der Waals surface area contributed by atoms with Gasteiger partial charge in [-0.1, -0.05) is 0 Å². The van der Waals surface area contributed by atoms with Gasteiger partial charge in [0, 0.05) is 58.9 Å². The molecule has 10 nitrogen and oxygen atoms in total. The summed E-state index contributed by atoms with van der Waals surface area (Å²) in [5.74, 6) is -1.78. The van der Waals surface area contributed by atoms with Crippen LogP contribution in [0.5, 0.6) is 0 Å². The van der Waals surface area contributed by atoms with Crippen molar-refractivity contribution >= 4 is 11.9 Å². The van der Waals surface area contributed by atoms with E-state index in [9.17, 15) is 9.59 Å². The van der Waals surface area contributed by atoms with Gasteiger partial charge in [-0.3, -0.25) is 29.5 Å². The van der Waals surface area contributed by atoms with Crippen molar-refractivity contribution in [3.05, 3.63) is 0 Å². The molecule has 1 rings (SSSR count). The van der Waals surface area contributed by atoms with Crippen molar-refractivity contribution in [2.24, 2.45) is 0 Å². The molecular formula is C15H30N4O6. The van der Waals surface area contributed by atoms with Gasteiger partial charge < -0.3 is 15.1 Å². The Morgan fingerprint density at radius 2 is 1.20 bits per heavy atom. The molecule has 1 fully saturated rings. The van der Waals surface area contributed by atoms with Crippen LogP contribution in [0, 0.1) is 0 Å². The summed E-state index contributed by atoms with van der Waals surface area (Å²) in [6.45, 7) is 5.77. The maximum Gasteiger partial charge on any atom is 0.317 e. The molecule has 0 amide bonds. The van der Waals surface area contributed by atoms with E-state index in [0.717, 1.165) is 19.6 Å². The second-order valence-corrected chi connectivity index (χ2v) is 6.32. The lowest BCUT2D eigenvalue weighted by molar-refractivity contribution is -0.244. The molecule has 1 aliphatic heterocycles. The maximum atomic E-state index is 11.1. The number of aliphatic carboxylic acids is 2. The van der Waals surface area contributed by atoms with Gasteiger partial charge in [-0.15, -0.1) is 0 Å². The van der Waals surface area contributed by atoms with Crippen LogP contribution in [-0.2, 0) is 14.5 Å². The van der Waals surface area contributed by atoms with Gasteiger partial charge in [0.1, 0.15) is 0 Å². The molecule has 0 spiro atoms. The van der Waals surface area contributed by atoms with Gasteiger partial charge in [-0.2, -0.15) is 0 Å². The Morgan fingerprint density at radius 3 is 1.64 bits per heavy atom. The normalized spacial score (nSPS) is 20.7. The molecule has 0 aliphatic carbocycles. The topological polar surface area (TPSA) is 117 Å². The molecule has 1 heterocycles. The van der Waals surface area contributed by atoms with Gasteiger partial charge in [-0.05, 0) is 7.05 Å². The Balaban J connectivity index is 2.71. The minimum atomic E-state index is -0.901. The number of carbonyl (C=O) groups is 2. The Labute approximate surface area is 148 Å². The van der Waals surface area contributed by atoms with Gasteiger partial charge in [0.05, 0.1) is 19.7 Å². The number of rotatable bonds is 7. The summed E-state index contributed by atoms with van der Waals surface area (Å²) in [5.41, 5.74) is 0. The van der Waals surface area contributed by atoms with Gasteiger partial charge in [0.2, 0.25) is 0 Å². The summed E-state index contributed by atoms with van der Waals surface area (Å²) in [7, 11) is 1.99. The zero-order valence-electron chi connectivity index (χ0n) is 14.8. The van der Waals surface area contributed by atoms with Gasteiger partial charge in [-0.25, -0.2) is 4.89 Å². The first-order valence-corrected chi connectivity index (χ1v) is 8.46. The lowest BCUT2D eigenvalue weighted by Crippen LogP contribution is -2.47. The SMILES string of the molecule is CN1CCN(CCOO)CCN(CC(=O)O)CCN(CC(=O)O)CC1. The van der Waals surface area contributed by atoms with Crippen molar-refractivity contribution in [3.63, 3.8) is 0 Å². The minimum absolute atomic E-state index is 0.0469. The quantitative estimate of drug-likeness (QED) is 0.365. The molecule has 3 N–H and O–H groups in total. The molecule has 0 aromatic heterocycles. The summed E-state index contributed by atoms with van der Waals surface area (Å²) in [6.07, 6.45) is 0. The Hall–Kier alpha value is -1.30. The van der Waals surface area contributed by atoms with Crippen LogP contribution in [0.25, 0.3) is 0 Å². The molecule has 0 saturated carbocycles. The van der Waals surface area contributed by atoms with Crippen LogP contribution in [0.1, 0.15) is 0 Å². The first-order valence-electron chi connectivity index (χ1n) is 8.46. The molecule has 1 aliphatic rings. The van der Waals surface area contributed by atoms with Crippen LogP contribution in [0.15, 0.2) is 0 Å². The third-order valence-electron chi connectivity index (χ3n) is 4.28. The predicted molar refractivity (Wildman–Crippen MR) is 90.7 cm³/mol. The Bertz CT molecular complexity index is 411. The molecule has 0 atom stereocenters. The van der Waals surface area contributed by atoms with Crippen LogP contribution < -0.4 is 0 Å². The summed E-state index contributed by atoms with van der Waals surface area (Å²) in [5, 5.41) is 26.7. The first-order chi connectivity index (χ1) is 11.9. The summed E-state index contributed by atoms with van der Waals surface area (Å²) < 4.78 is 0. The number of carboxylic acids is 2. The second kappa shape index (κ2) is 12.1. The van der Waals surface area contributed by atoms with Crippen LogP contribution in [0.2, 0.25) is 0 Å². The van der Waals surface area contributed by atoms with E-state index in [4.69, 9.17) is 15.5 Å². The molecule has 0 bridgehead atoms. The third kappa shape index (κ3) is 10.3. The fourth-order valence-electron chi connectivity index (χ4n) is 2.73. The zero-order valence-corrected chi connectivity index (χ0v) is 14.8. The smallest absolute Gasteiger partial charge is 0.317 e. The average Bonchev–Trinajstić information content (AvgIpc) is 2.54. The second-order valence-electron chi connectivity index (χ2n) is 6.32. The van der Waals surface area contributed by atoms with E-state index in [1.165, 1.54) is 0 Å². The van der Waals surface area contributed by atoms with Crippen LogP contribution in [0.4, 0.5) is 0 Å². The molecule has 0 aromatic carbocycles. The molecule has 146 valence electrons. The summed E-state index contributed by atoms with van der Waals surface area (Å²) in [4.78, 5) is 34.2. The highest BCUT2D eigenvalue weighted by atomic mass is 17.1. The van der Waals surface area contributed by atoms with E-state index in [0.29, 0.717) is 39.3 Å². The van der Waals surface area contributed by atoms with Crippen molar-refractivity contribution < 1.29 is 29.9 Å². The first kappa shape index (κ1) is 21.7. The van der Waals surface area contributed by atoms with Crippen molar-refractivity contribution in [1.82, 2.24) is 19.6 Å². The van der Waals surface area contributed by atoms with Crippen LogP contribution in [-0.4, -0.2) is 133 Å².